The van der Waals surface area contributed by atoms with E-state index in [9.17, 15) is 29.6 Å². The molecule has 3 fully saturated rings. The van der Waals surface area contributed by atoms with Crippen molar-refractivity contribution in [2.45, 2.75) is 198 Å². The van der Waals surface area contributed by atoms with E-state index in [1.807, 2.05) is 146 Å². The van der Waals surface area contributed by atoms with E-state index in [1.54, 1.807) is 72.8 Å². The van der Waals surface area contributed by atoms with Crippen molar-refractivity contribution in [3.05, 3.63) is 276 Å². The normalized spacial score (nSPS) is 25.7. The van der Waals surface area contributed by atoms with Crippen molar-refractivity contribution in [1.82, 2.24) is 5.32 Å². The van der Waals surface area contributed by atoms with Crippen LogP contribution in [0.5, 0.6) is 0 Å². The Labute approximate surface area is 650 Å². The summed E-state index contributed by atoms with van der Waals surface area (Å²) < 4.78 is 112. The average Bonchev–Trinajstić information content (AvgIpc) is 0.751. The lowest BCUT2D eigenvalue weighted by Crippen LogP contribution is -2.67. The molecule has 0 heterocycles. The van der Waals surface area contributed by atoms with Crippen molar-refractivity contribution < 1.29 is 94.4 Å². The number of ether oxygens (including phenoxy) is 7. The van der Waals surface area contributed by atoms with Gasteiger partial charge >= 0.3 is 21.6 Å². The fourth-order valence-electron chi connectivity index (χ4n) is 15.1. The molecule has 8 aromatic carbocycles. The summed E-state index contributed by atoms with van der Waals surface area (Å²) in [6.45, 7) is 10.9. The molecule has 3 N–H and O–H groups in total. The van der Waals surface area contributed by atoms with Gasteiger partial charge < -0.3 is 62.9 Å². The fraction of sp³-hybridized carbons (Fsp3) is 0.388. The highest BCUT2D eigenvalue weighted by Crippen LogP contribution is 2.55. The van der Waals surface area contributed by atoms with Crippen LogP contribution in [0, 0.1) is 5.92 Å². The van der Waals surface area contributed by atoms with Crippen LogP contribution in [-0.2, 0) is 114 Å². The molecule has 0 radical (unpaired) electrons. The number of amides is 1. The number of hydrogen-bond donors (Lipinski definition) is 3. The van der Waals surface area contributed by atoms with Crippen LogP contribution in [0.4, 0.5) is 0 Å². The number of aliphatic imine (C=N–C) groups is 2. The number of nitrogens with zero attached hydrogens (tertiary/aromatic N) is 2. The van der Waals surface area contributed by atoms with Gasteiger partial charge in [0.25, 0.3) is 8.32 Å². The Kier molecular flexibility index (Phi) is 29.8. The van der Waals surface area contributed by atoms with Gasteiger partial charge in [-0.25, -0.2) is 9.13 Å². The maximum absolute atomic E-state index is 16.0. The van der Waals surface area contributed by atoms with Gasteiger partial charge in [-0.2, -0.15) is 0 Å². The summed E-state index contributed by atoms with van der Waals surface area (Å²) in [5.74, 6) is -3.42. The van der Waals surface area contributed by atoms with Gasteiger partial charge in [0, 0.05) is 39.2 Å². The third-order valence-corrected chi connectivity index (χ3v) is 27.0. The van der Waals surface area contributed by atoms with Crippen LogP contribution in [0.1, 0.15) is 101 Å². The maximum atomic E-state index is 16.0. The molecule has 590 valence electrons. The Morgan fingerprint density at radius 1 is 0.414 bits per heavy atom. The molecule has 0 aliphatic heterocycles. The number of phosphoric ester groups is 2. The predicted molar refractivity (Wildman–Crippen MR) is 417 cm³/mol. The Morgan fingerprint density at radius 2 is 0.712 bits per heavy atom. The molecule has 2 unspecified atom stereocenters. The number of phosphoric acid groups is 2. The highest BCUT2D eigenvalue weighted by Gasteiger charge is 2.58. The molecular formula is C85H99N3O20P2Si-2. The largest absolute Gasteiger partial charge is 0.862 e. The van der Waals surface area contributed by atoms with Gasteiger partial charge in [-0.1, -0.05) is 263 Å². The fourth-order valence-corrected chi connectivity index (χ4v) is 22.0. The number of hydrogen-bond acceptors (Lipinski definition) is 20. The summed E-state index contributed by atoms with van der Waals surface area (Å²) in [7, 11) is -14.6. The van der Waals surface area contributed by atoms with Gasteiger partial charge in [-0.15, -0.1) is 0 Å². The molecule has 1 amide bonds. The van der Waals surface area contributed by atoms with Crippen molar-refractivity contribution in [2.24, 2.45) is 15.9 Å². The smallest absolute Gasteiger partial charge is 0.472 e. The summed E-state index contributed by atoms with van der Waals surface area (Å²) in [6, 6.07) is 71.2. The van der Waals surface area contributed by atoms with Crippen LogP contribution < -0.4 is 25.9 Å². The number of nitrogens with one attached hydrogen (secondary N) is 1. The van der Waals surface area contributed by atoms with Crippen LogP contribution in [0.3, 0.4) is 0 Å². The first-order valence-corrected chi connectivity index (χ1v) is 42.2. The van der Waals surface area contributed by atoms with Gasteiger partial charge in [0.05, 0.1) is 64.0 Å². The summed E-state index contributed by atoms with van der Waals surface area (Å²) in [6.07, 6.45) is -16.6. The minimum absolute atomic E-state index is 0.0151. The molecule has 111 heavy (non-hydrogen) atoms. The van der Waals surface area contributed by atoms with Gasteiger partial charge in [-0.3, -0.25) is 37.7 Å². The van der Waals surface area contributed by atoms with Gasteiger partial charge in [0.1, 0.15) is 60.9 Å². The van der Waals surface area contributed by atoms with E-state index in [0.29, 0.717) is 22.3 Å². The third kappa shape index (κ3) is 23.3. The molecule has 23 nitrogen and oxygen atoms in total. The molecule has 0 saturated heterocycles. The van der Waals surface area contributed by atoms with Crippen molar-refractivity contribution in [1.29, 1.82) is 0 Å². The van der Waals surface area contributed by atoms with E-state index in [0.717, 1.165) is 21.5 Å². The highest BCUT2D eigenvalue weighted by atomic mass is 31.2. The first-order chi connectivity index (χ1) is 53.4. The maximum Gasteiger partial charge on any atom is 0.472 e. The van der Waals surface area contributed by atoms with Gasteiger partial charge in [0.15, 0.2) is 0 Å². The molecule has 26 heteroatoms. The molecule has 0 bridgehead atoms. The van der Waals surface area contributed by atoms with E-state index in [2.05, 4.69) is 60.3 Å². The summed E-state index contributed by atoms with van der Waals surface area (Å²) in [5.41, 5.74) is 4.30. The molecule has 3 aliphatic rings. The zero-order chi connectivity index (χ0) is 78.6. The van der Waals surface area contributed by atoms with Crippen LogP contribution in [0.15, 0.2) is 253 Å². The quantitative estimate of drug-likeness (QED) is 0.0109. The van der Waals surface area contributed by atoms with Crippen molar-refractivity contribution in [2.75, 3.05) is 6.61 Å². The monoisotopic (exact) mass is 1570 g/mol. The Bertz CT molecular complexity index is 4310. The summed E-state index contributed by atoms with van der Waals surface area (Å²) in [5, 5.41) is 31.3. The molecule has 0 aromatic heterocycles. The van der Waals surface area contributed by atoms with Crippen LogP contribution in [0.25, 0.3) is 0 Å². The molecular weight excluding hydrogens is 1470 g/mol. The second kappa shape index (κ2) is 39.5. The number of carbonyl (C=O) groups excluding carboxylic acids is 2. The van der Waals surface area contributed by atoms with Gasteiger partial charge in [-0.05, 0) is 80.9 Å². The Morgan fingerprint density at radius 3 is 1.06 bits per heavy atom. The zero-order valence-electron chi connectivity index (χ0n) is 63.4. The Balaban J connectivity index is 0.995. The average molecular weight is 1570 g/mol. The summed E-state index contributed by atoms with van der Waals surface area (Å²) >= 11 is 0. The topological polar surface area (TPSA) is 302 Å². The SMILES string of the molecule is CC(=O)N[C@H]1[C@@H](OCc2ccccc2)[C@H](OCc2ccccc2)[C@@H](OP(=O)(O)O[C@H]2C[C@H](CO[Si](c3ccccc3)(c3ccccc3)C(C)(C)C)[C@@H](OCc3ccccc3)[C@H](OCc3ccccc3)[C@@H]2N=C(C)[O-])C[C@@H]1OP(=O)(O)O[C@H]1C[C@H](OC(C)=O)[C@@H](N=C(C)[O-])[C@@H](OCc2ccccc2)[C@@H]1OCc1ccccc1. The molecule has 3 saturated carbocycles. The second-order valence-corrected chi connectivity index (χ2v) is 36.2. The number of carbonyl (C=O) groups is 2. The van der Waals surface area contributed by atoms with Crippen molar-refractivity contribution >= 4 is 58.0 Å². The molecule has 0 spiro atoms. The number of rotatable bonds is 35. The lowest BCUT2D eigenvalue weighted by molar-refractivity contribution is -0.220. The number of benzene rings is 8. The van der Waals surface area contributed by atoms with Crippen LogP contribution in [-0.4, -0.2) is 134 Å². The minimum atomic E-state index is -5.65. The van der Waals surface area contributed by atoms with Crippen LogP contribution >= 0.6 is 15.6 Å². The van der Waals surface area contributed by atoms with E-state index in [4.69, 9.17) is 55.7 Å². The lowest BCUT2D eigenvalue weighted by Gasteiger charge is -2.48. The second-order valence-electron chi connectivity index (χ2n) is 29.2. The van der Waals surface area contributed by atoms with Crippen molar-refractivity contribution in [3.63, 3.8) is 0 Å². The summed E-state index contributed by atoms with van der Waals surface area (Å²) in [4.78, 5) is 61.6. The van der Waals surface area contributed by atoms with Crippen LogP contribution in [0.2, 0.25) is 5.04 Å². The first kappa shape index (κ1) is 83.7. The molecule has 8 aromatic rings. The van der Waals surface area contributed by atoms with Gasteiger partial charge in [0.2, 0.25) is 5.91 Å². The standard InChI is InChI=1S/C85H101N3O20P2Si/c1-58(89)86-76-71(104-61(4)92)49-74(80(98-52-63-34-18-9-19-35-63)83(76)101-55-66-40-24-12-25-41-66)107-110(95,96)106-73-50-75(81(99-53-64-36-20-10-21-37-64)84(78(73)88-60(3)91)102-56-67-42-26-13-27-43-67)108-109(93,94)105-72-48-68(57-103-111(85(5,6)7,69-44-28-14-29-45-69)70-46-30-15-31-47-70)79(97-51-62-32-16-8-17-33-62)82(77(72)87-59(2)90)100-54-65-38-22-11-23-39-65/h8-47,68,71-84H,48-57H2,1-7H3,(H,86,89)(H,87,90)(H,88,91)(H,93,94)(H,95,96)/p-2/t68-,71+,72+,73+,74+,75+,76-,77-,78-,79-,80-,81-,82-,83-,84-/m1/s1. The predicted octanol–water partition coefficient (Wildman–Crippen LogP) is 11.4. The molecule has 17 atom stereocenters. The van der Waals surface area contributed by atoms with Crippen molar-refractivity contribution in [3.8, 4) is 0 Å². The minimum Gasteiger partial charge on any atom is -0.862 e. The molecule has 3 aliphatic carbocycles. The van der Waals surface area contributed by atoms with E-state index < -0.39 is 157 Å². The first-order valence-electron chi connectivity index (χ1n) is 37.4. The lowest BCUT2D eigenvalue weighted by atomic mass is 9.79. The van der Waals surface area contributed by atoms with E-state index in [-0.39, 0.29) is 52.7 Å². The van der Waals surface area contributed by atoms with E-state index >= 15 is 9.13 Å². The molecule has 11 rings (SSSR count). The van der Waals surface area contributed by atoms with E-state index in [1.165, 1.54) is 27.7 Å². The Hall–Kier alpha value is -8.20. The highest BCUT2D eigenvalue weighted by molar-refractivity contribution is 7.47. The third-order valence-electron chi connectivity index (χ3n) is 19.9. The number of esters is 1. The zero-order valence-corrected chi connectivity index (χ0v) is 66.1.